The molecule has 2 aliphatic heterocycles. The summed E-state index contributed by atoms with van der Waals surface area (Å²) in [6.07, 6.45) is 5.15. The molecule has 2 aliphatic rings. The second-order valence-electron chi connectivity index (χ2n) is 6.09. The standard InChI is InChI=1S/C17H33N3O3/c1-3-18-17(20-10-7-15(8-11-20)22-4-2)19-9-13-21-14-16-6-5-12-23-16/h15-16H,3-14H2,1-2H3,(H,18,19). The Bertz CT molecular complexity index is 338. The van der Waals surface area contributed by atoms with Crippen LogP contribution in [0, 0.1) is 0 Å². The van der Waals surface area contributed by atoms with Gasteiger partial charge in [0.05, 0.1) is 32.0 Å². The van der Waals surface area contributed by atoms with Gasteiger partial charge in [-0.1, -0.05) is 0 Å². The van der Waals surface area contributed by atoms with Crippen LogP contribution in [0.2, 0.25) is 0 Å². The van der Waals surface area contributed by atoms with Crippen LogP contribution in [-0.4, -0.2) is 75.7 Å². The van der Waals surface area contributed by atoms with Gasteiger partial charge in [0.15, 0.2) is 5.96 Å². The van der Waals surface area contributed by atoms with E-state index in [1.165, 1.54) is 0 Å². The van der Waals surface area contributed by atoms with E-state index in [-0.39, 0.29) is 0 Å². The summed E-state index contributed by atoms with van der Waals surface area (Å²) in [6, 6.07) is 0. The van der Waals surface area contributed by atoms with Crippen molar-refractivity contribution in [3.05, 3.63) is 0 Å². The normalized spacial score (nSPS) is 23.5. The van der Waals surface area contributed by atoms with Crippen molar-refractivity contribution >= 4 is 5.96 Å². The Kier molecular flexibility index (Phi) is 8.71. The SMILES string of the molecule is CCNC(=NCCOCC1CCCO1)N1CCC(OCC)CC1. The fourth-order valence-electron chi connectivity index (χ4n) is 3.10. The molecule has 1 N–H and O–H groups in total. The molecule has 0 aliphatic carbocycles. The van der Waals surface area contributed by atoms with Crippen LogP contribution < -0.4 is 5.32 Å². The van der Waals surface area contributed by atoms with Crippen LogP contribution in [0.15, 0.2) is 4.99 Å². The van der Waals surface area contributed by atoms with Gasteiger partial charge in [0, 0.05) is 32.8 Å². The zero-order valence-electron chi connectivity index (χ0n) is 14.8. The quantitative estimate of drug-likeness (QED) is 0.417. The van der Waals surface area contributed by atoms with Gasteiger partial charge < -0.3 is 24.4 Å². The molecule has 0 radical (unpaired) electrons. The second-order valence-corrected chi connectivity index (χ2v) is 6.09. The summed E-state index contributed by atoms with van der Waals surface area (Å²) in [5.41, 5.74) is 0. The minimum atomic E-state index is 0.296. The molecule has 134 valence electrons. The number of hydrogen-bond donors (Lipinski definition) is 1. The highest BCUT2D eigenvalue weighted by molar-refractivity contribution is 5.80. The third kappa shape index (κ3) is 6.65. The van der Waals surface area contributed by atoms with Gasteiger partial charge in [0.2, 0.25) is 0 Å². The van der Waals surface area contributed by atoms with Crippen molar-refractivity contribution in [1.29, 1.82) is 0 Å². The summed E-state index contributed by atoms with van der Waals surface area (Å²) in [4.78, 5) is 7.03. The largest absolute Gasteiger partial charge is 0.378 e. The lowest BCUT2D eigenvalue weighted by atomic mass is 10.1. The van der Waals surface area contributed by atoms with Crippen LogP contribution in [0.3, 0.4) is 0 Å². The summed E-state index contributed by atoms with van der Waals surface area (Å²) in [6.45, 7) is 10.8. The number of hydrogen-bond acceptors (Lipinski definition) is 4. The van der Waals surface area contributed by atoms with E-state index in [4.69, 9.17) is 19.2 Å². The Labute approximate surface area is 140 Å². The Balaban J connectivity index is 1.67. The smallest absolute Gasteiger partial charge is 0.193 e. The molecule has 1 atom stereocenters. The van der Waals surface area contributed by atoms with E-state index in [1.807, 2.05) is 0 Å². The lowest BCUT2D eigenvalue weighted by Gasteiger charge is -2.34. The maximum absolute atomic E-state index is 5.71. The number of nitrogens with one attached hydrogen (secondary N) is 1. The number of ether oxygens (including phenoxy) is 3. The van der Waals surface area contributed by atoms with Crippen LogP contribution in [0.5, 0.6) is 0 Å². The van der Waals surface area contributed by atoms with E-state index in [0.717, 1.165) is 64.5 Å². The first kappa shape index (κ1) is 18.5. The number of guanidine groups is 1. The number of nitrogens with zero attached hydrogens (tertiary/aromatic N) is 2. The molecule has 6 heteroatoms. The average Bonchev–Trinajstić information content (AvgIpc) is 3.08. The van der Waals surface area contributed by atoms with Crippen molar-refractivity contribution in [3.8, 4) is 0 Å². The van der Waals surface area contributed by atoms with Gasteiger partial charge in [-0.3, -0.25) is 4.99 Å². The third-order valence-corrected chi connectivity index (χ3v) is 4.30. The Hall–Kier alpha value is -0.850. The first-order valence-corrected chi connectivity index (χ1v) is 9.17. The zero-order chi connectivity index (χ0) is 16.3. The van der Waals surface area contributed by atoms with Crippen molar-refractivity contribution < 1.29 is 14.2 Å². The molecular weight excluding hydrogens is 294 g/mol. The monoisotopic (exact) mass is 327 g/mol. The average molecular weight is 327 g/mol. The van der Waals surface area contributed by atoms with Gasteiger partial charge in [0.1, 0.15) is 0 Å². The van der Waals surface area contributed by atoms with Gasteiger partial charge >= 0.3 is 0 Å². The van der Waals surface area contributed by atoms with Gasteiger partial charge in [-0.2, -0.15) is 0 Å². The molecule has 0 spiro atoms. The van der Waals surface area contributed by atoms with Gasteiger partial charge in [-0.25, -0.2) is 0 Å². The van der Waals surface area contributed by atoms with Gasteiger partial charge in [-0.05, 0) is 39.5 Å². The number of aliphatic imine (C=N–C) groups is 1. The molecule has 2 saturated heterocycles. The predicted octanol–water partition coefficient (Wildman–Crippen LogP) is 1.65. The summed E-state index contributed by atoms with van der Waals surface area (Å²) >= 11 is 0. The van der Waals surface area contributed by atoms with Crippen molar-refractivity contribution in [2.75, 3.05) is 52.6 Å². The molecule has 1 unspecified atom stereocenters. The van der Waals surface area contributed by atoms with Crippen molar-refractivity contribution in [2.45, 2.75) is 51.7 Å². The van der Waals surface area contributed by atoms with Crippen LogP contribution in [0.25, 0.3) is 0 Å². The van der Waals surface area contributed by atoms with E-state index in [9.17, 15) is 0 Å². The lowest BCUT2D eigenvalue weighted by molar-refractivity contribution is 0.0196. The summed E-state index contributed by atoms with van der Waals surface area (Å²) in [5.74, 6) is 1.00. The highest BCUT2D eigenvalue weighted by Gasteiger charge is 2.21. The van der Waals surface area contributed by atoms with Crippen LogP contribution >= 0.6 is 0 Å². The molecule has 2 fully saturated rings. The minimum absolute atomic E-state index is 0.296. The molecule has 2 rings (SSSR count). The van der Waals surface area contributed by atoms with Crippen molar-refractivity contribution in [1.82, 2.24) is 10.2 Å². The summed E-state index contributed by atoms with van der Waals surface area (Å²) < 4.78 is 16.9. The third-order valence-electron chi connectivity index (χ3n) is 4.30. The van der Waals surface area contributed by atoms with Crippen LogP contribution in [0.1, 0.15) is 39.5 Å². The first-order chi connectivity index (χ1) is 11.3. The van der Waals surface area contributed by atoms with Crippen LogP contribution in [0.4, 0.5) is 0 Å². The molecule has 6 nitrogen and oxygen atoms in total. The Morgan fingerprint density at radius 3 is 2.74 bits per heavy atom. The highest BCUT2D eigenvalue weighted by Crippen LogP contribution is 2.14. The molecule has 0 bridgehead atoms. The molecule has 2 heterocycles. The number of likely N-dealkylation sites (tertiary alicyclic amines) is 1. The van der Waals surface area contributed by atoms with E-state index in [0.29, 0.717) is 32.0 Å². The minimum Gasteiger partial charge on any atom is -0.378 e. The molecular formula is C17H33N3O3. The topological polar surface area (TPSA) is 55.3 Å². The zero-order valence-corrected chi connectivity index (χ0v) is 14.8. The fourth-order valence-corrected chi connectivity index (χ4v) is 3.10. The summed E-state index contributed by atoms with van der Waals surface area (Å²) in [5, 5.41) is 3.39. The fraction of sp³-hybridized carbons (Fsp3) is 0.941. The van der Waals surface area contributed by atoms with E-state index >= 15 is 0 Å². The molecule has 0 saturated carbocycles. The number of piperidine rings is 1. The Morgan fingerprint density at radius 1 is 1.26 bits per heavy atom. The second kappa shape index (κ2) is 10.8. The first-order valence-electron chi connectivity index (χ1n) is 9.17. The van der Waals surface area contributed by atoms with E-state index < -0.39 is 0 Å². The lowest BCUT2D eigenvalue weighted by Crippen LogP contribution is -2.47. The maximum Gasteiger partial charge on any atom is 0.193 e. The molecule has 23 heavy (non-hydrogen) atoms. The van der Waals surface area contributed by atoms with Crippen molar-refractivity contribution in [3.63, 3.8) is 0 Å². The molecule has 0 aromatic carbocycles. The Morgan fingerprint density at radius 2 is 2.09 bits per heavy atom. The number of rotatable bonds is 8. The summed E-state index contributed by atoms with van der Waals surface area (Å²) in [7, 11) is 0. The van der Waals surface area contributed by atoms with Crippen LogP contribution in [-0.2, 0) is 14.2 Å². The van der Waals surface area contributed by atoms with E-state index in [1.54, 1.807) is 0 Å². The van der Waals surface area contributed by atoms with Crippen molar-refractivity contribution in [2.24, 2.45) is 4.99 Å². The van der Waals surface area contributed by atoms with Gasteiger partial charge in [-0.15, -0.1) is 0 Å². The van der Waals surface area contributed by atoms with Gasteiger partial charge in [0.25, 0.3) is 0 Å². The maximum atomic E-state index is 5.71. The predicted molar refractivity (Wildman–Crippen MR) is 92.0 cm³/mol. The molecule has 0 aromatic rings. The molecule has 0 aromatic heterocycles. The highest BCUT2D eigenvalue weighted by atomic mass is 16.5. The van der Waals surface area contributed by atoms with E-state index in [2.05, 4.69) is 24.1 Å². The molecule has 0 amide bonds.